The average molecular weight is 378 g/mol. The van der Waals surface area contributed by atoms with Crippen molar-refractivity contribution in [2.45, 2.75) is 6.23 Å². The summed E-state index contributed by atoms with van der Waals surface area (Å²) in [6.45, 7) is 0. The number of benzene rings is 2. The number of rotatable bonds is 5. The lowest BCUT2D eigenvalue weighted by molar-refractivity contribution is -0.120. The van der Waals surface area contributed by atoms with E-state index in [0.29, 0.717) is 22.9 Å². The third-order valence-corrected chi connectivity index (χ3v) is 4.17. The maximum Gasteiger partial charge on any atom is 0.258 e. The number of hydrogen-bond donors (Lipinski definition) is 1. The second-order valence-corrected chi connectivity index (χ2v) is 5.98. The van der Waals surface area contributed by atoms with Gasteiger partial charge in [0.1, 0.15) is 0 Å². The number of aliphatic hydroxyl groups excluding tert-OH is 1. The van der Waals surface area contributed by atoms with Crippen LogP contribution in [0.5, 0.6) is 11.5 Å². The summed E-state index contributed by atoms with van der Waals surface area (Å²) in [5.74, 6) is -0.341. The van der Waals surface area contributed by atoms with E-state index in [9.17, 15) is 19.5 Å². The molecule has 3 amide bonds. The maximum atomic E-state index is 11.7. The zero-order valence-corrected chi connectivity index (χ0v) is 14.4. The van der Waals surface area contributed by atoms with Crippen LogP contribution in [0.15, 0.2) is 72.8 Å². The molecule has 0 fully saturated rings. The van der Waals surface area contributed by atoms with Crippen LogP contribution in [-0.4, -0.2) is 29.1 Å². The Labute approximate surface area is 159 Å². The van der Waals surface area contributed by atoms with Crippen LogP contribution in [0.2, 0.25) is 0 Å². The number of imide groups is 1. The van der Waals surface area contributed by atoms with Gasteiger partial charge in [-0.15, -0.1) is 0 Å². The van der Waals surface area contributed by atoms with Crippen molar-refractivity contribution in [2.24, 2.45) is 0 Å². The molecule has 0 spiro atoms. The van der Waals surface area contributed by atoms with E-state index in [2.05, 4.69) is 0 Å². The first-order valence-corrected chi connectivity index (χ1v) is 8.33. The van der Waals surface area contributed by atoms with E-state index in [1.807, 2.05) is 0 Å². The molecule has 0 saturated heterocycles. The molecule has 0 saturated carbocycles. The van der Waals surface area contributed by atoms with Crippen molar-refractivity contribution >= 4 is 29.1 Å². The zero-order chi connectivity index (χ0) is 19.7. The highest BCUT2D eigenvalue weighted by atomic mass is 17.2. The summed E-state index contributed by atoms with van der Waals surface area (Å²) >= 11 is 0. The van der Waals surface area contributed by atoms with Gasteiger partial charge in [0, 0.05) is 23.9 Å². The van der Waals surface area contributed by atoms with Gasteiger partial charge in [-0.05, 0) is 54.6 Å². The van der Waals surface area contributed by atoms with Crippen molar-refractivity contribution in [1.29, 1.82) is 0 Å². The van der Waals surface area contributed by atoms with Crippen molar-refractivity contribution in [3.8, 4) is 11.5 Å². The minimum absolute atomic E-state index is 0.303. The molecule has 140 valence electrons. The van der Waals surface area contributed by atoms with Crippen LogP contribution in [0, 0.1) is 0 Å². The molecule has 1 atom stereocenters. The highest BCUT2D eigenvalue weighted by Crippen LogP contribution is 2.26. The van der Waals surface area contributed by atoms with Crippen LogP contribution in [-0.2, 0) is 14.4 Å². The molecule has 0 radical (unpaired) electrons. The Morgan fingerprint density at radius 1 is 0.679 bits per heavy atom. The number of carbonyl (C=O) groups is 3. The Hall–Kier alpha value is -3.91. The van der Waals surface area contributed by atoms with E-state index in [1.165, 1.54) is 29.2 Å². The summed E-state index contributed by atoms with van der Waals surface area (Å²) in [6, 6.07) is 12.7. The van der Waals surface area contributed by atoms with E-state index in [-0.39, 0.29) is 5.91 Å². The third-order valence-electron chi connectivity index (χ3n) is 4.17. The second kappa shape index (κ2) is 7.01. The lowest BCUT2D eigenvalue weighted by Crippen LogP contribution is -2.33. The van der Waals surface area contributed by atoms with Crippen molar-refractivity contribution in [3.05, 3.63) is 72.8 Å². The summed E-state index contributed by atoms with van der Waals surface area (Å²) in [4.78, 5) is 47.8. The summed E-state index contributed by atoms with van der Waals surface area (Å²) in [7, 11) is 0. The minimum Gasteiger partial charge on any atom is -0.369 e. The molecular formula is C20H14N2O6. The van der Waals surface area contributed by atoms with Gasteiger partial charge in [0.05, 0.1) is 5.69 Å². The van der Waals surface area contributed by atoms with Crippen LogP contribution in [0.1, 0.15) is 0 Å². The molecule has 2 aliphatic heterocycles. The van der Waals surface area contributed by atoms with Crippen LogP contribution in [0.3, 0.4) is 0 Å². The Morgan fingerprint density at radius 3 is 1.64 bits per heavy atom. The summed E-state index contributed by atoms with van der Waals surface area (Å²) in [5.41, 5.74) is 0.951. The monoisotopic (exact) mass is 378 g/mol. The smallest absolute Gasteiger partial charge is 0.258 e. The van der Waals surface area contributed by atoms with Gasteiger partial charge in [-0.1, -0.05) is 0 Å². The van der Waals surface area contributed by atoms with E-state index in [4.69, 9.17) is 9.78 Å². The fraction of sp³-hybridized carbons (Fsp3) is 0.0500. The van der Waals surface area contributed by atoms with E-state index >= 15 is 0 Å². The second-order valence-electron chi connectivity index (χ2n) is 5.98. The molecule has 8 heteroatoms. The Kier molecular flexibility index (Phi) is 4.38. The summed E-state index contributed by atoms with van der Waals surface area (Å²) in [5, 5.41) is 9.78. The fourth-order valence-electron chi connectivity index (χ4n) is 2.81. The first-order chi connectivity index (χ1) is 13.5. The Balaban J connectivity index is 1.38. The van der Waals surface area contributed by atoms with Gasteiger partial charge in [-0.25, -0.2) is 4.90 Å². The average Bonchev–Trinajstić information content (AvgIpc) is 3.22. The molecule has 0 bridgehead atoms. The molecule has 0 aromatic heterocycles. The maximum absolute atomic E-state index is 11.7. The summed E-state index contributed by atoms with van der Waals surface area (Å²) < 4.78 is 0. The molecule has 2 aromatic rings. The van der Waals surface area contributed by atoms with Crippen LogP contribution < -0.4 is 19.6 Å². The molecule has 1 N–H and O–H groups in total. The van der Waals surface area contributed by atoms with Gasteiger partial charge >= 0.3 is 0 Å². The molecule has 0 aliphatic carbocycles. The number of anilines is 2. The van der Waals surface area contributed by atoms with Crippen LogP contribution in [0.25, 0.3) is 0 Å². The predicted octanol–water partition coefficient (Wildman–Crippen LogP) is 1.71. The zero-order valence-electron chi connectivity index (χ0n) is 14.4. The predicted molar refractivity (Wildman–Crippen MR) is 98.4 cm³/mol. The SMILES string of the molecule is O=C1C=CC(=O)N1c1ccc(OOc2ccc(N3C(=O)C=CC3O)cc2)cc1. The van der Waals surface area contributed by atoms with Crippen LogP contribution in [0.4, 0.5) is 11.4 Å². The molecule has 2 heterocycles. The number of aliphatic hydroxyl groups is 1. The molecule has 28 heavy (non-hydrogen) atoms. The van der Waals surface area contributed by atoms with Gasteiger partial charge in [0.15, 0.2) is 17.7 Å². The molecule has 4 rings (SSSR count). The highest BCUT2D eigenvalue weighted by molar-refractivity contribution is 6.28. The van der Waals surface area contributed by atoms with Gasteiger partial charge in [-0.3, -0.25) is 29.1 Å². The largest absolute Gasteiger partial charge is 0.369 e. The molecular weight excluding hydrogens is 364 g/mol. The fourth-order valence-corrected chi connectivity index (χ4v) is 2.81. The molecule has 1 unspecified atom stereocenters. The lowest BCUT2D eigenvalue weighted by Gasteiger charge is -2.20. The van der Waals surface area contributed by atoms with Crippen molar-refractivity contribution in [2.75, 3.05) is 9.80 Å². The topological polar surface area (TPSA) is 96.4 Å². The lowest BCUT2D eigenvalue weighted by atomic mass is 10.2. The van der Waals surface area contributed by atoms with Gasteiger partial charge < -0.3 is 5.11 Å². The first kappa shape index (κ1) is 17.5. The normalized spacial score (nSPS) is 18.3. The molecule has 8 nitrogen and oxygen atoms in total. The Bertz CT molecular complexity index is 976. The third kappa shape index (κ3) is 3.24. The number of nitrogens with zero attached hydrogens (tertiary/aromatic N) is 2. The van der Waals surface area contributed by atoms with Gasteiger partial charge in [0.2, 0.25) is 0 Å². The minimum atomic E-state index is -0.987. The highest BCUT2D eigenvalue weighted by Gasteiger charge is 2.26. The number of hydrogen-bond acceptors (Lipinski definition) is 6. The van der Waals surface area contributed by atoms with Crippen LogP contribution >= 0.6 is 0 Å². The van der Waals surface area contributed by atoms with E-state index in [0.717, 1.165) is 4.90 Å². The van der Waals surface area contributed by atoms with Gasteiger partial charge in [0.25, 0.3) is 17.7 Å². The van der Waals surface area contributed by atoms with E-state index in [1.54, 1.807) is 48.5 Å². The number of amides is 3. The summed E-state index contributed by atoms with van der Waals surface area (Å²) in [6.07, 6.45) is 4.15. The molecule has 2 aliphatic rings. The van der Waals surface area contributed by atoms with Crippen molar-refractivity contribution in [1.82, 2.24) is 0 Å². The van der Waals surface area contributed by atoms with Crippen molar-refractivity contribution in [3.63, 3.8) is 0 Å². The quantitative estimate of drug-likeness (QED) is 0.483. The standard InChI is InChI=1S/C20H14N2O6/c23-17-9-10-18(24)21(17)13-1-5-15(6-2-13)27-28-16-7-3-14(4-8-16)22-19(25)11-12-20(22)26/h1-12,17,23H. The van der Waals surface area contributed by atoms with Crippen molar-refractivity contribution < 1.29 is 29.3 Å². The number of carbonyl (C=O) groups excluding carboxylic acids is 3. The Morgan fingerprint density at radius 2 is 1.18 bits per heavy atom. The first-order valence-electron chi connectivity index (χ1n) is 8.33. The molecule has 2 aromatic carbocycles. The van der Waals surface area contributed by atoms with Gasteiger partial charge in [-0.2, -0.15) is 0 Å². The van der Waals surface area contributed by atoms with E-state index < -0.39 is 18.0 Å².